The first-order valence-electron chi connectivity index (χ1n) is 7.07. The average Bonchev–Trinajstić information content (AvgIpc) is 3.31. The fraction of sp³-hybridized carbons (Fsp3) is 0.200. The van der Waals surface area contributed by atoms with Crippen LogP contribution in [0.25, 0.3) is 0 Å². The Morgan fingerprint density at radius 2 is 1.30 bits per heavy atom. The molecule has 2 N–H and O–H groups in total. The van der Waals surface area contributed by atoms with Gasteiger partial charge < -0.3 is 0 Å². The quantitative estimate of drug-likeness (QED) is 0.831. The monoisotopic (exact) mass is 352 g/mol. The Morgan fingerprint density at radius 3 is 1.87 bits per heavy atom. The molecule has 0 saturated heterocycles. The van der Waals surface area contributed by atoms with Gasteiger partial charge in [-0.05, 0) is 49.2 Å². The van der Waals surface area contributed by atoms with Gasteiger partial charge in [-0.2, -0.15) is 0 Å². The topological polar surface area (TPSA) is 92.3 Å². The van der Waals surface area contributed by atoms with Gasteiger partial charge in [0.1, 0.15) is 0 Å². The maximum Gasteiger partial charge on any atom is 0.261 e. The summed E-state index contributed by atoms with van der Waals surface area (Å²) in [5.74, 6) is 0. The highest BCUT2D eigenvalue weighted by atomic mass is 32.2. The molecule has 1 aliphatic carbocycles. The van der Waals surface area contributed by atoms with Crippen LogP contribution >= 0.6 is 0 Å². The average molecular weight is 352 g/mol. The van der Waals surface area contributed by atoms with Gasteiger partial charge >= 0.3 is 0 Å². The standard InChI is InChI=1S/C15H16N2O4S2/c18-22(19,14-4-2-1-3-5-14)17-13-8-10-15(11-9-13)23(20,21)16-12-6-7-12/h1-5,8-12,16-17H,6-7H2. The van der Waals surface area contributed by atoms with Crippen molar-refractivity contribution in [3.8, 4) is 0 Å². The zero-order chi connectivity index (χ0) is 16.5. The highest BCUT2D eigenvalue weighted by Crippen LogP contribution is 2.23. The third kappa shape index (κ3) is 3.90. The third-order valence-corrected chi connectivity index (χ3v) is 6.30. The van der Waals surface area contributed by atoms with E-state index in [0.29, 0.717) is 5.69 Å². The fourth-order valence-corrected chi connectivity index (χ4v) is 4.39. The third-order valence-electron chi connectivity index (χ3n) is 3.37. The van der Waals surface area contributed by atoms with E-state index in [1.165, 1.54) is 36.4 Å². The molecule has 1 fully saturated rings. The van der Waals surface area contributed by atoms with Crippen LogP contribution in [-0.4, -0.2) is 22.9 Å². The van der Waals surface area contributed by atoms with Crippen molar-refractivity contribution in [3.05, 3.63) is 54.6 Å². The predicted octanol–water partition coefficient (Wildman–Crippen LogP) is 1.93. The molecule has 0 aromatic heterocycles. The lowest BCUT2D eigenvalue weighted by atomic mass is 10.3. The molecule has 23 heavy (non-hydrogen) atoms. The fourth-order valence-electron chi connectivity index (χ4n) is 2.00. The van der Waals surface area contributed by atoms with Crippen molar-refractivity contribution in [2.45, 2.75) is 28.7 Å². The Labute approximate surface area is 135 Å². The van der Waals surface area contributed by atoms with Crippen LogP contribution in [0.5, 0.6) is 0 Å². The van der Waals surface area contributed by atoms with E-state index in [0.717, 1.165) is 12.8 Å². The Hall–Kier alpha value is -1.90. The molecule has 1 aliphatic rings. The first-order chi connectivity index (χ1) is 10.9. The van der Waals surface area contributed by atoms with E-state index in [1.807, 2.05) is 0 Å². The van der Waals surface area contributed by atoms with Gasteiger partial charge in [0.25, 0.3) is 10.0 Å². The Kier molecular flexibility index (Phi) is 4.13. The van der Waals surface area contributed by atoms with Crippen LogP contribution in [0, 0.1) is 0 Å². The molecule has 0 spiro atoms. The van der Waals surface area contributed by atoms with Crippen molar-refractivity contribution in [3.63, 3.8) is 0 Å². The minimum absolute atomic E-state index is 0.0243. The predicted molar refractivity (Wildman–Crippen MR) is 87.0 cm³/mol. The van der Waals surface area contributed by atoms with Gasteiger partial charge in [0.05, 0.1) is 9.79 Å². The molecule has 0 bridgehead atoms. The molecule has 0 aliphatic heterocycles. The maximum absolute atomic E-state index is 12.2. The van der Waals surface area contributed by atoms with Gasteiger partial charge in [0.2, 0.25) is 10.0 Å². The second-order valence-corrected chi connectivity index (χ2v) is 8.73. The first-order valence-corrected chi connectivity index (χ1v) is 10.0. The van der Waals surface area contributed by atoms with Crippen LogP contribution < -0.4 is 9.44 Å². The lowest BCUT2D eigenvalue weighted by Crippen LogP contribution is -2.25. The summed E-state index contributed by atoms with van der Waals surface area (Å²) in [5, 5.41) is 0. The second-order valence-electron chi connectivity index (χ2n) is 5.34. The van der Waals surface area contributed by atoms with Crippen LogP contribution in [0.15, 0.2) is 64.4 Å². The SMILES string of the molecule is O=S(=O)(Nc1ccc(S(=O)(=O)NC2CC2)cc1)c1ccccc1. The second kappa shape index (κ2) is 5.95. The molecule has 0 unspecified atom stereocenters. The minimum Gasteiger partial charge on any atom is -0.280 e. The van der Waals surface area contributed by atoms with Gasteiger partial charge in [-0.15, -0.1) is 0 Å². The Morgan fingerprint density at radius 1 is 0.739 bits per heavy atom. The van der Waals surface area contributed by atoms with E-state index in [-0.39, 0.29) is 15.8 Å². The summed E-state index contributed by atoms with van der Waals surface area (Å²) in [7, 11) is -7.22. The Balaban J connectivity index is 1.77. The summed E-state index contributed by atoms with van der Waals surface area (Å²) in [6.07, 6.45) is 1.71. The lowest BCUT2D eigenvalue weighted by Gasteiger charge is -2.09. The number of anilines is 1. The molecule has 6 nitrogen and oxygen atoms in total. The highest BCUT2D eigenvalue weighted by Gasteiger charge is 2.27. The molecule has 3 rings (SSSR count). The Bertz CT molecular complexity index is 888. The number of hydrogen-bond acceptors (Lipinski definition) is 4. The van der Waals surface area contributed by atoms with Crippen molar-refractivity contribution in [1.29, 1.82) is 0 Å². The van der Waals surface area contributed by atoms with E-state index < -0.39 is 20.0 Å². The van der Waals surface area contributed by atoms with Crippen molar-refractivity contribution in [2.75, 3.05) is 4.72 Å². The summed E-state index contributed by atoms with van der Waals surface area (Å²) in [5.41, 5.74) is 0.305. The van der Waals surface area contributed by atoms with E-state index in [4.69, 9.17) is 0 Å². The summed E-state index contributed by atoms with van der Waals surface area (Å²) >= 11 is 0. The van der Waals surface area contributed by atoms with Gasteiger partial charge in [-0.3, -0.25) is 4.72 Å². The van der Waals surface area contributed by atoms with Gasteiger partial charge in [0.15, 0.2) is 0 Å². The van der Waals surface area contributed by atoms with Crippen molar-refractivity contribution < 1.29 is 16.8 Å². The molecule has 1 saturated carbocycles. The van der Waals surface area contributed by atoms with E-state index in [9.17, 15) is 16.8 Å². The summed E-state index contributed by atoms with van der Waals surface area (Å²) in [6.45, 7) is 0. The van der Waals surface area contributed by atoms with Crippen molar-refractivity contribution >= 4 is 25.7 Å². The summed E-state index contributed by atoms with van der Waals surface area (Å²) in [4.78, 5) is 0.263. The molecule has 2 aromatic carbocycles. The number of benzene rings is 2. The normalized spacial score (nSPS) is 15.3. The smallest absolute Gasteiger partial charge is 0.261 e. The molecule has 2 aromatic rings. The molecule has 0 atom stereocenters. The molecule has 0 heterocycles. The molecule has 0 radical (unpaired) electrons. The molecule has 122 valence electrons. The van der Waals surface area contributed by atoms with Crippen LogP contribution in [0.3, 0.4) is 0 Å². The first kappa shape index (κ1) is 16.0. The zero-order valence-corrected chi connectivity index (χ0v) is 13.8. The van der Waals surface area contributed by atoms with Gasteiger partial charge in [-0.1, -0.05) is 18.2 Å². The van der Waals surface area contributed by atoms with Crippen LogP contribution in [-0.2, 0) is 20.0 Å². The summed E-state index contributed by atoms with van der Waals surface area (Å²) < 4.78 is 53.5. The number of sulfonamides is 2. The van der Waals surface area contributed by atoms with Crippen LogP contribution in [0.1, 0.15) is 12.8 Å². The number of rotatable bonds is 6. The molecule has 8 heteroatoms. The van der Waals surface area contributed by atoms with E-state index >= 15 is 0 Å². The molecular formula is C15H16N2O4S2. The number of hydrogen-bond donors (Lipinski definition) is 2. The van der Waals surface area contributed by atoms with Crippen molar-refractivity contribution in [2.24, 2.45) is 0 Å². The zero-order valence-electron chi connectivity index (χ0n) is 12.1. The van der Waals surface area contributed by atoms with Gasteiger partial charge in [-0.25, -0.2) is 21.6 Å². The largest absolute Gasteiger partial charge is 0.280 e. The van der Waals surface area contributed by atoms with Crippen LogP contribution in [0.4, 0.5) is 5.69 Å². The minimum atomic E-state index is -3.69. The molecular weight excluding hydrogens is 336 g/mol. The van der Waals surface area contributed by atoms with Gasteiger partial charge in [0, 0.05) is 11.7 Å². The van der Waals surface area contributed by atoms with E-state index in [1.54, 1.807) is 18.2 Å². The van der Waals surface area contributed by atoms with Crippen molar-refractivity contribution in [1.82, 2.24) is 4.72 Å². The summed E-state index contributed by atoms with van der Waals surface area (Å²) in [6, 6.07) is 13.6. The lowest BCUT2D eigenvalue weighted by molar-refractivity contribution is 0.581. The highest BCUT2D eigenvalue weighted by molar-refractivity contribution is 7.92. The maximum atomic E-state index is 12.2. The van der Waals surface area contributed by atoms with Crippen LogP contribution in [0.2, 0.25) is 0 Å². The molecule has 0 amide bonds. The van der Waals surface area contributed by atoms with E-state index in [2.05, 4.69) is 9.44 Å². The number of nitrogens with one attached hydrogen (secondary N) is 2.